The first-order valence-corrected chi connectivity index (χ1v) is 5.23. The van der Waals surface area contributed by atoms with Crippen molar-refractivity contribution >= 4 is 12.0 Å². The maximum atomic E-state index is 10.4. The predicted octanol–water partition coefficient (Wildman–Crippen LogP) is 3.35. The summed E-state index contributed by atoms with van der Waals surface area (Å²) in [4.78, 5) is 10.4. The minimum absolute atomic E-state index is 0.816. The van der Waals surface area contributed by atoms with Crippen molar-refractivity contribution < 1.29 is 14.3 Å². The highest BCUT2D eigenvalue weighted by Crippen LogP contribution is 2.22. The zero-order chi connectivity index (χ0) is 12.3. The van der Waals surface area contributed by atoms with Crippen molar-refractivity contribution in [3.8, 4) is 11.3 Å². The van der Waals surface area contributed by atoms with Gasteiger partial charge in [-0.3, -0.25) is 0 Å². The van der Waals surface area contributed by atoms with Gasteiger partial charge < -0.3 is 9.52 Å². The molecule has 0 saturated carbocycles. The van der Waals surface area contributed by atoms with Crippen LogP contribution in [0.25, 0.3) is 17.4 Å². The standard InChI is InChI=1S/C14H12O3/c1-10-2-8-13(17-10)12-6-3-11(4-7-12)5-9-14(15)16/h2-9H,1H3,(H,15,16)/b9-5+. The number of hydrogen-bond donors (Lipinski definition) is 1. The molecule has 0 fully saturated rings. The van der Waals surface area contributed by atoms with Gasteiger partial charge in [0.15, 0.2) is 0 Å². The molecular weight excluding hydrogens is 216 g/mol. The average molecular weight is 228 g/mol. The van der Waals surface area contributed by atoms with E-state index in [4.69, 9.17) is 9.52 Å². The third kappa shape index (κ3) is 2.84. The summed E-state index contributed by atoms with van der Waals surface area (Å²) in [5.74, 6) is 0.738. The Labute approximate surface area is 99.0 Å². The van der Waals surface area contributed by atoms with Crippen LogP contribution in [-0.2, 0) is 4.79 Å². The maximum Gasteiger partial charge on any atom is 0.328 e. The van der Waals surface area contributed by atoms with Crippen LogP contribution in [0.15, 0.2) is 46.9 Å². The van der Waals surface area contributed by atoms with Crippen molar-refractivity contribution in [2.75, 3.05) is 0 Å². The number of carboxylic acid groups (broad SMARTS) is 1. The molecule has 0 saturated heterocycles. The minimum Gasteiger partial charge on any atom is -0.478 e. The van der Waals surface area contributed by atoms with Gasteiger partial charge in [0.1, 0.15) is 11.5 Å². The molecule has 1 aromatic heterocycles. The third-order valence-electron chi connectivity index (χ3n) is 2.35. The largest absolute Gasteiger partial charge is 0.478 e. The topological polar surface area (TPSA) is 50.4 Å². The molecule has 1 aromatic carbocycles. The highest BCUT2D eigenvalue weighted by Gasteiger charge is 2.01. The summed E-state index contributed by atoms with van der Waals surface area (Å²) in [7, 11) is 0. The predicted molar refractivity (Wildman–Crippen MR) is 65.6 cm³/mol. The molecular formula is C14H12O3. The number of rotatable bonds is 3. The summed E-state index contributed by atoms with van der Waals surface area (Å²) in [5, 5.41) is 8.51. The van der Waals surface area contributed by atoms with Gasteiger partial charge in [-0.05, 0) is 30.7 Å². The molecule has 2 aromatic rings. The smallest absolute Gasteiger partial charge is 0.328 e. The Kier molecular flexibility index (Phi) is 3.10. The Bertz CT molecular complexity index is 547. The van der Waals surface area contributed by atoms with E-state index in [1.165, 1.54) is 0 Å². The lowest BCUT2D eigenvalue weighted by Gasteiger charge is -1.97. The molecule has 3 heteroatoms. The van der Waals surface area contributed by atoms with E-state index in [0.29, 0.717) is 0 Å². The number of hydrogen-bond acceptors (Lipinski definition) is 2. The Morgan fingerprint density at radius 2 is 1.88 bits per heavy atom. The molecule has 0 aliphatic carbocycles. The van der Waals surface area contributed by atoms with Crippen LogP contribution in [0.5, 0.6) is 0 Å². The highest BCUT2D eigenvalue weighted by molar-refractivity contribution is 5.85. The highest BCUT2D eigenvalue weighted by atomic mass is 16.4. The average Bonchev–Trinajstić information content (AvgIpc) is 2.74. The van der Waals surface area contributed by atoms with E-state index in [9.17, 15) is 4.79 Å². The quantitative estimate of drug-likeness (QED) is 0.819. The Morgan fingerprint density at radius 1 is 1.18 bits per heavy atom. The lowest BCUT2D eigenvalue weighted by molar-refractivity contribution is -0.131. The van der Waals surface area contributed by atoms with Crippen LogP contribution in [0.3, 0.4) is 0 Å². The van der Waals surface area contributed by atoms with Crippen LogP contribution in [0.2, 0.25) is 0 Å². The number of aliphatic carboxylic acids is 1. The zero-order valence-corrected chi connectivity index (χ0v) is 9.38. The summed E-state index contributed by atoms with van der Waals surface area (Å²) in [6.45, 7) is 1.90. The fourth-order valence-electron chi connectivity index (χ4n) is 1.52. The number of furan rings is 1. The van der Waals surface area contributed by atoms with Crippen LogP contribution in [-0.4, -0.2) is 11.1 Å². The van der Waals surface area contributed by atoms with Gasteiger partial charge in [-0.25, -0.2) is 4.79 Å². The number of aryl methyl sites for hydroxylation is 1. The molecule has 2 rings (SSSR count). The monoisotopic (exact) mass is 228 g/mol. The molecule has 0 unspecified atom stereocenters. The van der Waals surface area contributed by atoms with E-state index < -0.39 is 5.97 Å². The van der Waals surface area contributed by atoms with Gasteiger partial charge in [-0.2, -0.15) is 0 Å². The summed E-state index contributed by atoms with van der Waals surface area (Å²) < 4.78 is 5.50. The molecule has 0 spiro atoms. The van der Waals surface area contributed by atoms with E-state index in [0.717, 1.165) is 28.7 Å². The summed E-state index contributed by atoms with van der Waals surface area (Å²) in [6.07, 6.45) is 2.67. The van der Waals surface area contributed by atoms with Gasteiger partial charge in [0.2, 0.25) is 0 Å². The molecule has 0 atom stereocenters. The first-order valence-electron chi connectivity index (χ1n) is 5.23. The lowest BCUT2D eigenvalue weighted by atomic mass is 10.1. The van der Waals surface area contributed by atoms with E-state index in [-0.39, 0.29) is 0 Å². The van der Waals surface area contributed by atoms with Crippen LogP contribution >= 0.6 is 0 Å². The van der Waals surface area contributed by atoms with Crippen molar-refractivity contribution in [3.05, 3.63) is 53.8 Å². The molecule has 17 heavy (non-hydrogen) atoms. The molecule has 3 nitrogen and oxygen atoms in total. The van der Waals surface area contributed by atoms with E-state index in [1.54, 1.807) is 6.08 Å². The van der Waals surface area contributed by atoms with Crippen molar-refractivity contribution in [2.24, 2.45) is 0 Å². The first kappa shape index (κ1) is 11.2. The second-order valence-corrected chi connectivity index (χ2v) is 3.70. The zero-order valence-electron chi connectivity index (χ0n) is 9.38. The van der Waals surface area contributed by atoms with E-state index >= 15 is 0 Å². The van der Waals surface area contributed by atoms with Gasteiger partial charge in [-0.1, -0.05) is 24.3 Å². The third-order valence-corrected chi connectivity index (χ3v) is 2.35. The van der Waals surface area contributed by atoms with Crippen LogP contribution in [0.1, 0.15) is 11.3 Å². The van der Waals surface area contributed by atoms with Crippen LogP contribution in [0.4, 0.5) is 0 Å². The fraction of sp³-hybridized carbons (Fsp3) is 0.0714. The maximum absolute atomic E-state index is 10.4. The Balaban J connectivity index is 2.21. The van der Waals surface area contributed by atoms with E-state index in [2.05, 4.69) is 0 Å². The minimum atomic E-state index is -0.948. The molecule has 86 valence electrons. The van der Waals surface area contributed by atoms with Crippen molar-refractivity contribution in [3.63, 3.8) is 0 Å². The molecule has 0 aliphatic heterocycles. The summed E-state index contributed by atoms with van der Waals surface area (Å²) >= 11 is 0. The van der Waals surface area contributed by atoms with Gasteiger partial charge >= 0.3 is 5.97 Å². The molecule has 1 N–H and O–H groups in total. The number of carbonyl (C=O) groups is 1. The molecule has 0 aliphatic rings. The lowest BCUT2D eigenvalue weighted by Crippen LogP contribution is -1.85. The van der Waals surface area contributed by atoms with Gasteiger partial charge in [0, 0.05) is 11.6 Å². The van der Waals surface area contributed by atoms with Crippen molar-refractivity contribution in [1.82, 2.24) is 0 Å². The Hall–Kier alpha value is -2.29. The molecule has 0 amide bonds. The normalized spacial score (nSPS) is 10.9. The van der Waals surface area contributed by atoms with Crippen LogP contribution in [0, 0.1) is 6.92 Å². The molecule has 0 bridgehead atoms. The molecule has 0 radical (unpaired) electrons. The van der Waals surface area contributed by atoms with Crippen LogP contribution < -0.4 is 0 Å². The fourth-order valence-corrected chi connectivity index (χ4v) is 1.52. The van der Waals surface area contributed by atoms with Gasteiger partial charge in [-0.15, -0.1) is 0 Å². The summed E-state index contributed by atoms with van der Waals surface area (Å²) in [5.41, 5.74) is 1.82. The van der Waals surface area contributed by atoms with Crippen molar-refractivity contribution in [2.45, 2.75) is 6.92 Å². The van der Waals surface area contributed by atoms with Crippen molar-refractivity contribution in [1.29, 1.82) is 0 Å². The number of benzene rings is 1. The van der Waals surface area contributed by atoms with Gasteiger partial charge in [0.25, 0.3) is 0 Å². The number of carboxylic acids is 1. The SMILES string of the molecule is Cc1ccc(-c2ccc(/C=C/C(=O)O)cc2)o1. The van der Waals surface area contributed by atoms with Gasteiger partial charge in [0.05, 0.1) is 0 Å². The van der Waals surface area contributed by atoms with E-state index in [1.807, 2.05) is 43.3 Å². The second kappa shape index (κ2) is 4.70. The second-order valence-electron chi connectivity index (χ2n) is 3.70. The summed E-state index contributed by atoms with van der Waals surface area (Å²) in [6, 6.07) is 11.3. The molecule has 1 heterocycles. The first-order chi connectivity index (χ1) is 8.15. The Morgan fingerprint density at radius 3 is 2.41 bits per heavy atom.